The van der Waals surface area contributed by atoms with E-state index in [2.05, 4.69) is 24.0 Å². The summed E-state index contributed by atoms with van der Waals surface area (Å²) in [4.78, 5) is 2.22. The zero-order valence-electron chi connectivity index (χ0n) is 8.57. The fourth-order valence-corrected chi connectivity index (χ4v) is 1.40. The first kappa shape index (κ1) is 10.2. The number of aryl methyl sites for hydroxylation is 1. The van der Waals surface area contributed by atoms with Crippen molar-refractivity contribution in [1.82, 2.24) is 14.7 Å². The van der Waals surface area contributed by atoms with Gasteiger partial charge < -0.3 is 5.73 Å². The Balaban J connectivity index is 2.77. The Hall–Kier alpha value is -0.870. The molecule has 0 radical (unpaired) electrons. The quantitative estimate of drug-likeness (QED) is 0.732. The highest BCUT2D eigenvalue weighted by Gasteiger charge is 2.14. The number of rotatable bonds is 4. The molecule has 0 aliphatic carbocycles. The molecular formula is C9H18N4. The summed E-state index contributed by atoms with van der Waals surface area (Å²) in [5, 5.41) is 4.14. The van der Waals surface area contributed by atoms with Crippen molar-refractivity contribution in [2.45, 2.75) is 13.0 Å². The van der Waals surface area contributed by atoms with Gasteiger partial charge in [-0.1, -0.05) is 6.92 Å². The molecule has 1 rings (SSSR count). The molecule has 0 amide bonds. The molecule has 0 aliphatic rings. The number of nitrogens with two attached hydrogens (primary N) is 1. The molecule has 1 heterocycles. The first-order chi connectivity index (χ1) is 6.19. The van der Waals surface area contributed by atoms with Gasteiger partial charge in [0.1, 0.15) is 0 Å². The first-order valence-corrected chi connectivity index (χ1v) is 4.57. The summed E-state index contributed by atoms with van der Waals surface area (Å²) in [7, 11) is 3.99. The molecule has 0 aliphatic heterocycles. The predicted molar refractivity (Wildman–Crippen MR) is 53.3 cm³/mol. The molecule has 4 heteroatoms. The van der Waals surface area contributed by atoms with Gasteiger partial charge in [-0.2, -0.15) is 5.10 Å². The number of hydrogen-bond acceptors (Lipinski definition) is 3. The van der Waals surface area contributed by atoms with Crippen LogP contribution in [0.4, 0.5) is 0 Å². The summed E-state index contributed by atoms with van der Waals surface area (Å²) in [6, 6.07) is 0.290. The molecule has 0 saturated heterocycles. The van der Waals surface area contributed by atoms with Gasteiger partial charge in [0.05, 0.1) is 6.20 Å². The zero-order valence-corrected chi connectivity index (χ0v) is 8.57. The van der Waals surface area contributed by atoms with Crippen molar-refractivity contribution in [2.24, 2.45) is 12.8 Å². The van der Waals surface area contributed by atoms with Gasteiger partial charge in [-0.05, 0) is 13.6 Å². The average Bonchev–Trinajstić information content (AvgIpc) is 2.53. The lowest BCUT2D eigenvalue weighted by Crippen LogP contribution is -2.30. The maximum atomic E-state index is 5.71. The van der Waals surface area contributed by atoms with Crippen molar-refractivity contribution < 1.29 is 0 Å². The molecule has 0 spiro atoms. The van der Waals surface area contributed by atoms with Crippen molar-refractivity contribution in [3.63, 3.8) is 0 Å². The Labute approximate surface area is 79.3 Å². The molecule has 0 fully saturated rings. The Morgan fingerprint density at radius 1 is 1.69 bits per heavy atom. The van der Waals surface area contributed by atoms with Gasteiger partial charge in [0.25, 0.3) is 0 Å². The van der Waals surface area contributed by atoms with Crippen LogP contribution in [0.15, 0.2) is 12.4 Å². The number of nitrogens with zero attached hydrogens (tertiary/aromatic N) is 3. The third kappa shape index (κ3) is 2.29. The highest BCUT2D eigenvalue weighted by Crippen LogP contribution is 2.16. The Morgan fingerprint density at radius 3 is 2.77 bits per heavy atom. The Kier molecular flexibility index (Phi) is 3.45. The molecule has 74 valence electrons. The third-order valence-electron chi connectivity index (χ3n) is 2.36. The van der Waals surface area contributed by atoms with Crippen LogP contribution < -0.4 is 5.73 Å². The largest absolute Gasteiger partial charge is 0.329 e. The average molecular weight is 182 g/mol. The monoisotopic (exact) mass is 182 g/mol. The van der Waals surface area contributed by atoms with Crippen molar-refractivity contribution in [2.75, 3.05) is 20.1 Å². The Morgan fingerprint density at radius 2 is 2.38 bits per heavy atom. The number of hydrogen-bond donors (Lipinski definition) is 1. The third-order valence-corrected chi connectivity index (χ3v) is 2.36. The van der Waals surface area contributed by atoms with Crippen LogP contribution in [-0.2, 0) is 7.05 Å². The van der Waals surface area contributed by atoms with Crippen LogP contribution in [-0.4, -0.2) is 34.8 Å². The topological polar surface area (TPSA) is 47.1 Å². The van der Waals surface area contributed by atoms with Gasteiger partial charge in [0, 0.05) is 31.4 Å². The van der Waals surface area contributed by atoms with E-state index in [0.717, 1.165) is 6.54 Å². The molecule has 13 heavy (non-hydrogen) atoms. The lowest BCUT2D eigenvalue weighted by Gasteiger charge is -2.24. The van der Waals surface area contributed by atoms with E-state index in [-0.39, 0.29) is 0 Å². The maximum absolute atomic E-state index is 5.71. The van der Waals surface area contributed by atoms with Crippen LogP contribution in [0.3, 0.4) is 0 Å². The zero-order chi connectivity index (χ0) is 9.84. The molecule has 1 aromatic heterocycles. The van der Waals surface area contributed by atoms with Gasteiger partial charge in [-0.3, -0.25) is 9.58 Å². The van der Waals surface area contributed by atoms with Crippen molar-refractivity contribution in [3.8, 4) is 0 Å². The molecule has 0 bridgehead atoms. The lowest BCUT2D eigenvalue weighted by atomic mass is 10.1. The van der Waals surface area contributed by atoms with E-state index < -0.39 is 0 Å². The van der Waals surface area contributed by atoms with E-state index in [1.807, 2.05) is 24.1 Å². The molecular weight excluding hydrogens is 164 g/mol. The smallest absolute Gasteiger partial charge is 0.0538 e. The van der Waals surface area contributed by atoms with E-state index in [1.165, 1.54) is 5.56 Å². The summed E-state index contributed by atoms with van der Waals surface area (Å²) in [6.07, 6.45) is 3.90. The second-order valence-corrected chi connectivity index (χ2v) is 3.27. The number of likely N-dealkylation sites (N-methyl/N-ethyl adjacent to an activating group) is 1. The fraction of sp³-hybridized carbons (Fsp3) is 0.667. The van der Waals surface area contributed by atoms with Gasteiger partial charge in [0.15, 0.2) is 0 Å². The predicted octanol–water partition coefficient (Wildman–Crippen LogP) is 0.372. The minimum Gasteiger partial charge on any atom is -0.329 e. The van der Waals surface area contributed by atoms with E-state index in [0.29, 0.717) is 12.6 Å². The van der Waals surface area contributed by atoms with Crippen LogP contribution in [0, 0.1) is 0 Å². The molecule has 1 atom stereocenters. The van der Waals surface area contributed by atoms with E-state index >= 15 is 0 Å². The van der Waals surface area contributed by atoms with Crippen LogP contribution in [0.1, 0.15) is 18.5 Å². The first-order valence-electron chi connectivity index (χ1n) is 4.57. The minimum atomic E-state index is 0.290. The van der Waals surface area contributed by atoms with Crippen molar-refractivity contribution in [3.05, 3.63) is 18.0 Å². The van der Waals surface area contributed by atoms with Crippen LogP contribution in [0.5, 0.6) is 0 Å². The highest BCUT2D eigenvalue weighted by atomic mass is 15.2. The second kappa shape index (κ2) is 4.39. The molecule has 1 aromatic rings. The normalized spacial score (nSPS) is 13.6. The SMILES string of the molecule is CCN(C)C(CN)c1cnn(C)c1. The molecule has 2 N–H and O–H groups in total. The maximum Gasteiger partial charge on any atom is 0.0538 e. The van der Waals surface area contributed by atoms with Gasteiger partial charge in [-0.15, -0.1) is 0 Å². The summed E-state index contributed by atoms with van der Waals surface area (Å²) >= 11 is 0. The van der Waals surface area contributed by atoms with Gasteiger partial charge >= 0.3 is 0 Å². The summed E-state index contributed by atoms with van der Waals surface area (Å²) in [5.41, 5.74) is 6.90. The van der Waals surface area contributed by atoms with Gasteiger partial charge in [0.2, 0.25) is 0 Å². The molecule has 0 saturated carbocycles. The van der Waals surface area contributed by atoms with Crippen molar-refractivity contribution >= 4 is 0 Å². The van der Waals surface area contributed by atoms with Crippen LogP contribution in [0.2, 0.25) is 0 Å². The van der Waals surface area contributed by atoms with Gasteiger partial charge in [-0.25, -0.2) is 0 Å². The van der Waals surface area contributed by atoms with E-state index in [4.69, 9.17) is 5.73 Å². The van der Waals surface area contributed by atoms with Crippen LogP contribution >= 0.6 is 0 Å². The van der Waals surface area contributed by atoms with Crippen LogP contribution in [0.25, 0.3) is 0 Å². The van der Waals surface area contributed by atoms with Crippen molar-refractivity contribution in [1.29, 1.82) is 0 Å². The fourth-order valence-electron chi connectivity index (χ4n) is 1.40. The summed E-state index contributed by atoms with van der Waals surface area (Å²) < 4.78 is 1.81. The summed E-state index contributed by atoms with van der Waals surface area (Å²) in [5.74, 6) is 0. The molecule has 4 nitrogen and oxygen atoms in total. The highest BCUT2D eigenvalue weighted by molar-refractivity contribution is 5.10. The Bertz CT molecular complexity index is 256. The second-order valence-electron chi connectivity index (χ2n) is 3.27. The molecule has 0 aromatic carbocycles. The van der Waals surface area contributed by atoms with E-state index in [9.17, 15) is 0 Å². The lowest BCUT2D eigenvalue weighted by molar-refractivity contribution is 0.263. The number of aromatic nitrogens is 2. The standard InChI is InChI=1S/C9H18N4/c1-4-12(2)9(5-10)8-6-11-13(3)7-8/h6-7,9H,4-5,10H2,1-3H3. The van der Waals surface area contributed by atoms with E-state index in [1.54, 1.807) is 0 Å². The summed E-state index contributed by atoms with van der Waals surface area (Å²) in [6.45, 7) is 3.76. The minimum absolute atomic E-state index is 0.290. The molecule has 1 unspecified atom stereocenters.